The zero-order valence-corrected chi connectivity index (χ0v) is 11.0. The predicted octanol–water partition coefficient (Wildman–Crippen LogP) is -1.07. The molecular formula is C8H6BF3KN. The van der Waals surface area contributed by atoms with Crippen LogP contribution < -0.4 is 56.8 Å². The van der Waals surface area contributed by atoms with Crippen LogP contribution in [0.3, 0.4) is 0 Å². The fourth-order valence-electron chi connectivity index (χ4n) is 1.12. The standard InChI is InChI=1S/C8H6BF3N.K/c1-6-3-2-4-8(7(6)5-13)9(10,11)12;/h2-4H,1H3;/q-1;+1. The van der Waals surface area contributed by atoms with Crippen molar-refractivity contribution >= 4 is 12.4 Å². The Bertz CT molecular complexity index is 370. The minimum atomic E-state index is -5.08. The molecule has 0 amide bonds. The molecule has 0 N–H and O–H groups in total. The second-order valence-corrected chi connectivity index (χ2v) is 2.73. The van der Waals surface area contributed by atoms with Gasteiger partial charge in [0.25, 0.3) is 0 Å². The Morgan fingerprint density at radius 1 is 1.29 bits per heavy atom. The topological polar surface area (TPSA) is 23.8 Å². The van der Waals surface area contributed by atoms with Gasteiger partial charge in [-0.05, 0) is 12.5 Å². The van der Waals surface area contributed by atoms with Crippen LogP contribution in [0.15, 0.2) is 18.2 Å². The molecule has 0 aliphatic rings. The molecule has 0 unspecified atom stereocenters. The van der Waals surface area contributed by atoms with Crippen LogP contribution in [0.1, 0.15) is 11.1 Å². The summed E-state index contributed by atoms with van der Waals surface area (Å²) in [7, 11) is 0. The van der Waals surface area contributed by atoms with Crippen LogP contribution in [0.25, 0.3) is 0 Å². The molecule has 0 atom stereocenters. The summed E-state index contributed by atoms with van der Waals surface area (Å²) in [4.78, 5) is 0. The Hall–Kier alpha value is 0.201. The van der Waals surface area contributed by atoms with E-state index in [-0.39, 0.29) is 56.9 Å². The minimum absolute atomic E-state index is 0. The van der Waals surface area contributed by atoms with Crippen LogP contribution in [-0.4, -0.2) is 6.98 Å². The Labute approximate surface area is 123 Å². The maximum atomic E-state index is 12.3. The third-order valence-electron chi connectivity index (χ3n) is 1.77. The average Bonchev–Trinajstić information content (AvgIpc) is 2.02. The van der Waals surface area contributed by atoms with Crippen molar-refractivity contribution in [3.63, 3.8) is 0 Å². The molecule has 0 aromatic heterocycles. The molecule has 6 heteroatoms. The van der Waals surface area contributed by atoms with Gasteiger partial charge in [0.1, 0.15) is 0 Å². The van der Waals surface area contributed by atoms with Crippen molar-refractivity contribution in [2.24, 2.45) is 0 Å². The van der Waals surface area contributed by atoms with Crippen molar-refractivity contribution in [3.05, 3.63) is 29.3 Å². The van der Waals surface area contributed by atoms with Crippen molar-refractivity contribution in [3.8, 4) is 6.07 Å². The maximum absolute atomic E-state index is 12.3. The summed E-state index contributed by atoms with van der Waals surface area (Å²) in [5.74, 6) is 0. The molecule has 14 heavy (non-hydrogen) atoms. The molecule has 1 aromatic carbocycles. The van der Waals surface area contributed by atoms with E-state index in [1.807, 2.05) is 0 Å². The Morgan fingerprint density at radius 2 is 1.86 bits per heavy atom. The van der Waals surface area contributed by atoms with Crippen molar-refractivity contribution in [2.45, 2.75) is 6.92 Å². The zero-order chi connectivity index (χ0) is 10.1. The molecule has 68 valence electrons. The molecule has 0 radical (unpaired) electrons. The first-order valence-corrected chi connectivity index (χ1v) is 3.66. The van der Waals surface area contributed by atoms with E-state index in [2.05, 4.69) is 0 Å². The van der Waals surface area contributed by atoms with Gasteiger partial charge in [-0.2, -0.15) is 5.26 Å². The molecule has 0 fully saturated rings. The third kappa shape index (κ3) is 3.11. The fourth-order valence-corrected chi connectivity index (χ4v) is 1.12. The number of hydrogen-bond donors (Lipinski definition) is 0. The zero-order valence-electron chi connectivity index (χ0n) is 7.89. The average molecular weight is 223 g/mol. The van der Waals surface area contributed by atoms with Crippen molar-refractivity contribution < 1.29 is 64.3 Å². The van der Waals surface area contributed by atoms with Crippen LogP contribution >= 0.6 is 0 Å². The quantitative estimate of drug-likeness (QED) is 0.556. The van der Waals surface area contributed by atoms with Crippen molar-refractivity contribution in [2.75, 3.05) is 0 Å². The van der Waals surface area contributed by atoms with Gasteiger partial charge in [-0.25, -0.2) is 0 Å². The molecule has 0 spiro atoms. The van der Waals surface area contributed by atoms with Crippen molar-refractivity contribution in [1.29, 1.82) is 5.26 Å². The predicted molar refractivity (Wildman–Crippen MR) is 44.6 cm³/mol. The Balaban J connectivity index is 0.00000169. The number of rotatable bonds is 1. The number of halogens is 3. The number of benzene rings is 1. The molecule has 0 aliphatic heterocycles. The molecule has 0 saturated carbocycles. The van der Waals surface area contributed by atoms with Gasteiger partial charge in [0, 0.05) is 5.56 Å². The second-order valence-electron chi connectivity index (χ2n) is 2.73. The number of aryl methyl sites for hydroxylation is 1. The number of nitrogens with zero attached hydrogens (tertiary/aromatic N) is 1. The van der Waals surface area contributed by atoms with Crippen LogP contribution in [-0.2, 0) is 0 Å². The summed E-state index contributed by atoms with van der Waals surface area (Å²) in [6.07, 6.45) is 0. The van der Waals surface area contributed by atoms with E-state index in [1.54, 1.807) is 6.07 Å². The van der Waals surface area contributed by atoms with Gasteiger partial charge in [-0.3, -0.25) is 0 Å². The largest absolute Gasteiger partial charge is 1.00 e. The van der Waals surface area contributed by atoms with Gasteiger partial charge in [0.15, 0.2) is 0 Å². The van der Waals surface area contributed by atoms with E-state index < -0.39 is 12.4 Å². The molecule has 0 aliphatic carbocycles. The monoisotopic (exact) mass is 223 g/mol. The van der Waals surface area contributed by atoms with E-state index in [4.69, 9.17) is 5.26 Å². The molecule has 1 aromatic rings. The van der Waals surface area contributed by atoms with E-state index in [1.165, 1.54) is 19.1 Å². The van der Waals surface area contributed by atoms with Crippen LogP contribution in [0.2, 0.25) is 0 Å². The van der Waals surface area contributed by atoms with Gasteiger partial charge >= 0.3 is 58.4 Å². The third-order valence-corrected chi connectivity index (χ3v) is 1.77. The molecule has 0 bridgehead atoms. The summed E-state index contributed by atoms with van der Waals surface area (Å²) in [6.45, 7) is -3.59. The second kappa shape index (κ2) is 5.33. The van der Waals surface area contributed by atoms with Crippen molar-refractivity contribution in [1.82, 2.24) is 0 Å². The Kier molecular flexibility index (Phi) is 5.41. The van der Waals surface area contributed by atoms with Gasteiger partial charge in [-0.15, -0.1) is 0 Å². The van der Waals surface area contributed by atoms with Gasteiger partial charge in [0.05, 0.1) is 6.07 Å². The molecule has 1 rings (SSSR count). The van der Waals surface area contributed by atoms with E-state index in [9.17, 15) is 12.9 Å². The van der Waals surface area contributed by atoms with Gasteiger partial charge < -0.3 is 12.9 Å². The number of nitriles is 1. The normalized spacial score (nSPS) is 10.2. The smallest absolute Gasteiger partial charge is 0.445 e. The molecule has 0 saturated heterocycles. The summed E-state index contributed by atoms with van der Waals surface area (Å²) in [5, 5.41) is 8.52. The molecular weight excluding hydrogens is 217 g/mol. The van der Waals surface area contributed by atoms with Gasteiger partial charge in [-0.1, -0.05) is 23.7 Å². The van der Waals surface area contributed by atoms with Gasteiger partial charge in [0.2, 0.25) is 0 Å². The maximum Gasteiger partial charge on any atom is 1.00 e. The van der Waals surface area contributed by atoms with Crippen LogP contribution in [0.5, 0.6) is 0 Å². The van der Waals surface area contributed by atoms with Crippen LogP contribution in [0, 0.1) is 18.3 Å². The summed E-state index contributed by atoms with van der Waals surface area (Å²) in [5.41, 5.74) is -0.711. The SMILES string of the molecule is Cc1cccc([B-](F)(F)F)c1C#N.[K+]. The molecule has 1 nitrogen and oxygen atoms in total. The van der Waals surface area contributed by atoms with E-state index >= 15 is 0 Å². The first-order valence-electron chi connectivity index (χ1n) is 3.66. The minimum Gasteiger partial charge on any atom is -0.445 e. The first-order chi connectivity index (χ1) is 5.96. The summed E-state index contributed by atoms with van der Waals surface area (Å²) in [6, 6.07) is 5.30. The number of hydrogen-bond acceptors (Lipinski definition) is 1. The fraction of sp³-hybridized carbons (Fsp3) is 0.125. The summed E-state index contributed by atoms with van der Waals surface area (Å²) < 4.78 is 37.0. The summed E-state index contributed by atoms with van der Waals surface area (Å²) >= 11 is 0. The Morgan fingerprint density at radius 3 is 2.21 bits per heavy atom. The van der Waals surface area contributed by atoms with E-state index in [0.717, 1.165) is 6.07 Å². The molecule has 0 heterocycles. The van der Waals surface area contributed by atoms with Crippen LogP contribution in [0.4, 0.5) is 12.9 Å². The first kappa shape index (κ1) is 14.2. The van der Waals surface area contributed by atoms with E-state index in [0.29, 0.717) is 5.56 Å².